The van der Waals surface area contributed by atoms with Gasteiger partial charge in [-0.05, 0) is 139 Å². The van der Waals surface area contributed by atoms with Gasteiger partial charge in [0.25, 0.3) is 11.8 Å². The number of piperidine rings is 2. The third-order valence-electron chi connectivity index (χ3n) is 14.9. The van der Waals surface area contributed by atoms with Crippen LogP contribution in [0.2, 0.25) is 19.6 Å². The van der Waals surface area contributed by atoms with E-state index in [1.54, 1.807) is 81.4 Å². The molecule has 6 aromatic rings. The van der Waals surface area contributed by atoms with E-state index in [1.165, 1.54) is 18.3 Å². The number of halogens is 1. The minimum Gasteiger partial charge on any atom is -0.481 e. The second-order valence-electron chi connectivity index (χ2n) is 22.4. The number of anilines is 2. The molecule has 456 valence electrons. The normalized spacial score (nSPS) is 19.7. The van der Waals surface area contributed by atoms with Crippen LogP contribution in [0.25, 0.3) is 21.8 Å². The Morgan fingerprint density at radius 1 is 0.647 bits per heavy atom. The molecular weight excluding hydrogens is 1220 g/mol. The molecule has 2 saturated carbocycles. The molecule has 85 heavy (non-hydrogen) atoms. The lowest BCUT2D eigenvalue weighted by atomic mass is 9.97. The highest BCUT2D eigenvalue weighted by Crippen LogP contribution is 2.49. The highest BCUT2D eigenvalue weighted by Gasteiger charge is 2.52. The fraction of sp³-hybridized carbons (Fsp3) is 0.439. The number of aryl methyl sites for hydroxylation is 2. The lowest BCUT2D eigenvalue weighted by Crippen LogP contribution is -2.51. The second kappa shape index (κ2) is 26.9. The number of nitrogens with one attached hydrogen (secondary N) is 2. The molecule has 2 aliphatic carbocycles. The van der Waals surface area contributed by atoms with Gasteiger partial charge in [-0.3, -0.25) is 37.9 Å². The number of primary amides is 2. The van der Waals surface area contributed by atoms with Gasteiger partial charge in [-0.2, -0.15) is 0 Å². The summed E-state index contributed by atoms with van der Waals surface area (Å²) in [7, 11) is -7.85. The van der Waals surface area contributed by atoms with Crippen LogP contribution in [-0.2, 0) is 50.4 Å². The van der Waals surface area contributed by atoms with Crippen LogP contribution in [0.3, 0.4) is 0 Å². The van der Waals surface area contributed by atoms with Gasteiger partial charge in [-0.25, -0.2) is 9.97 Å². The van der Waals surface area contributed by atoms with Crippen LogP contribution in [0.15, 0.2) is 85.2 Å². The zero-order chi connectivity index (χ0) is 61.7. The van der Waals surface area contributed by atoms with E-state index in [1.807, 2.05) is 32.0 Å². The Labute approximate surface area is 500 Å². The fourth-order valence-electron chi connectivity index (χ4n) is 11.7. The van der Waals surface area contributed by atoms with Crippen LogP contribution in [-0.4, -0.2) is 131 Å². The van der Waals surface area contributed by atoms with E-state index < -0.39 is 52.1 Å². The SMILES string of the molecule is CCOP(=O)(COc1ccc2c(c1)c(C(N)=O)cn2CC(=O)N1C2CCC(C2)[C@H]1C(=O)Nc1cccc(C)n1)OCC.C[Si](C)(C)Br.Cc1cccc(NC(=O)[C@@H]2C3CCC(C3)N2C(=O)Cn2cc(C(N)=O)c3cc(OCP(=O)(O)O)ccc32)n1. The van der Waals surface area contributed by atoms with Crippen molar-refractivity contribution in [3.63, 3.8) is 0 Å². The average Bonchev–Trinajstić information content (AvgIpc) is 3.61. The van der Waals surface area contributed by atoms with E-state index in [9.17, 15) is 37.9 Å². The van der Waals surface area contributed by atoms with E-state index in [-0.39, 0.29) is 97.1 Å². The first kappa shape index (κ1) is 64.2. The molecular formula is C57H73BrN10O14P2Si. The number of carbonyl (C=O) groups excluding carboxylic acids is 6. The molecule has 2 aromatic carbocycles. The molecule has 28 heteroatoms. The quantitative estimate of drug-likeness (QED) is 0.0238. The number of nitrogens with zero attached hydrogens (tertiary/aromatic N) is 6. The number of likely N-dealkylation sites (tertiary alicyclic amines) is 2. The number of fused-ring (bicyclic) bond motifs is 6. The summed E-state index contributed by atoms with van der Waals surface area (Å²) in [4.78, 5) is 109. The maximum absolute atomic E-state index is 13.8. The van der Waals surface area contributed by atoms with Gasteiger partial charge in [-0.15, -0.1) is 15.3 Å². The van der Waals surface area contributed by atoms with Crippen molar-refractivity contribution in [2.45, 2.75) is 123 Å². The zero-order valence-electron chi connectivity index (χ0n) is 48.4. The van der Waals surface area contributed by atoms with Gasteiger partial charge in [-0.1, -0.05) is 31.8 Å². The Kier molecular flexibility index (Phi) is 20.3. The summed E-state index contributed by atoms with van der Waals surface area (Å²) in [6.07, 6.45) is 6.84. The van der Waals surface area contributed by atoms with E-state index in [4.69, 9.17) is 39.8 Å². The standard InChI is InChI=1S/C29H36N5O7P.C25H28N5O7P.C3H9BrSi/c1-4-40-42(38,41-5-2)17-39-21-11-12-24-22(14-21)23(28(30)36)15-33(24)16-26(35)34-20-10-9-19(13-20)27(34)29(37)32-25-8-6-7-18(3)31-25;1-14-3-2-4-21(27-14)28-25(33)23-15-5-6-16(9-15)30(23)22(31)12-29-11-19(24(26)32)18-10-17(7-8-20(18)29)37-13-38(34,35)36;1-5(2,3)4/h6-8,11-12,14-15,19-20,27H,4-5,9-10,13,16-17H2,1-3H3,(H2,30,36)(H,31,32,37);2-4,7-8,10-11,15-16,23H,5-6,9,12-13H2,1H3,(H2,26,32)(H,27,28,33)(H2,34,35,36);1-3H3/t19?,20?,27-;15?,16?,23-;/m00./s1. The number of nitrogens with two attached hydrogens (primary N) is 2. The average molecular weight is 1290 g/mol. The molecule has 4 bridgehead atoms. The third-order valence-corrected chi connectivity index (χ3v) is 17.1. The van der Waals surface area contributed by atoms with Gasteiger partial charge in [0.05, 0.1) is 24.3 Å². The Morgan fingerprint density at radius 3 is 1.41 bits per heavy atom. The molecule has 2 saturated heterocycles. The number of hydrogen-bond donors (Lipinski definition) is 6. The number of amides is 6. The van der Waals surface area contributed by atoms with Crippen molar-refractivity contribution in [2.24, 2.45) is 23.3 Å². The number of carbonyl (C=O) groups is 6. The van der Waals surface area contributed by atoms with Gasteiger partial charge in [0.2, 0.25) is 23.6 Å². The predicted octanol–water partition coefficient (Wildman–Crippen LogP) is 8.26. The van der Waals surface area contributed by atoms with E-state index in [2.05, 4.69) is 55.5 Å². The summed E-state index contributed by atoms with van der Waals surface area (Å²) in [5.41, 5.74) is 14.3. The number of pyridine rings is 2. The molecule has 2 aliphatic heterocycles. The first-order valence-electron chi connectivity index (χ1n) is 28.0. The monoisotopic (exact) mass is 1290 g/mol. The van der Waals surface area contributed by atoms with Crippen molar-refractivity contribution < 1.29 is 66.2 Å². The summed E-state index contributed by atoms with van der Waals surface area (Å²) in [6, 6.07) is 19.0. The molecule has 24 nitrogen and oxygen atoms in total. The molecule has 4 aromatic heterocycles. The molecule has 6 heterocycles. The third kappa shape index (κ3) is 16.0. The summed E-state index contributed by atoms with van der Waals surface area (Å²) < 4.78 is 48.7. The van der Waals surface area contributed by atoms with Gasteiger partial charge in [0, 0.05) is 57.7 Å². The van der Waals surface area contributed by atoms with Gasteiger partial charge in [0.1, 0.15) is 55.0 Å². The van der Waals surface area contributed by atoms with Crippen LogP contribution >= 0.6 is 30.5 Å². The molecule has 4 aliphatic rings. The number of hydrogen-bond acceptors (Lipinski definition) is 14. The Morgan fingerprint density at radius 2 is 1.05 bits per heavy atom. The van der Waals surface area contributed by atoms with Crippen LogP contribution in [0.4, 0.5) is 11.6 Å². The first-order chi connectivity index (χ1) is 40.1. The van der Waals surface area contributed by atoms with E-state index in [0.29, 0.717) is 39.2 Å². The van der Waals surface area contributed by atoms with Crippen LogP contribution in [0.1, 0.15) is 84.5 Å². The Hall–Kier alpha value is -6.76. The second-order valence-corrected chi connectivity index (χ2v) is 37.3. The van der Waals surface area contributed by atoms with Crippen molar-refractivity contribution in [2.75, 3.05) is 36.5 Å². The van der Waals surface area contributed by atoms with Crippen molar-refractivity contribution >= 4 is 106 Å². The number of rotatable bonds is 20. The summed E-state index contributed by atoms with van der Waals surface area (Å²) in [6.45, 7) is 13.2. The Bertz CT molecular complexity index is 3590. The molecule has 0 radical (unpaired) electrons. The molecule has 0 spiro atoms. The van der Waals surface area contributed by atoms with Crippen molar-refractivity contribution in [3.8, 4) is 11.5 Å². The van der Waals surface area contributed by atoms with Crippen molar-refractivity contribution in [1.82, 2.24) is 28.9 Å². The highest BCUT2D eigenvalue weighted by atomic mass is 79.9. The van der Waals surface area contributed by atoms with E-state index >= 15 is 0 Å². The number of benzene rings is 2. The van der Waals surface area contributed by atoms with Crippen LogP contribution in [0, 0.1) is 25.7 Å². The predicted molar refractivity (Wildman–Crippen MR) is 326 cm³/mol. The Balaban J connectivity index is 0.000000206. The van der Waals surface area contributed by atoms with Gasteiger partial charge in [0.15, 0.2) is 12.7 Å². The minimum atomic E-state index is -4.40. The maximum atomic E-state index is 13.8. The highest BCUT2D eigenvalue weighted by molar-refractivity contribution is 9.26. The molecule has 8 N–H and O–H groups in total. The van der Waals surface area contributed by atoms with Crippen molar-refractivity contribution in [1.29, 1.82) is 0 Å². The largest absolute Gasteiger partial charge is 0.481 e. The number of aromatic nitrogens is 4. The maximum Gasteiger partial charge on any atom is 0.367 e. The smallest absolute Gasteiger partial charge is 0.367 e. The summed E-state index contributed by atoms with van der Waals surface area (Å²) >= 11 is 3.51. The lowest BCUT2D eigenvalue weighted by molar-refractivity contribution is -0.141. The zero-order valence-corrected chi connectivity index (χ0v) is 52.8. The first-order valence-corrected chi connectivity index (χ1v) is 37.2. The molecule has 4 fully saturated rings. The molecule has 6 amide bonds. The van der Waals surface area contributed by atoms with Crippen LogP contribution < -0.4 is 31.6 Å². The van der Waals surface area contributed by atoms with Crippen LogP contribution in [0.5, 0.6) is 11.5 Å². The molecule has 6 atom stereocenters. The lowest BCUT2D eigenvalue weighted by Gasteiger charge is -2.34. The minimum absolute atomic E-state index is 0.0208. The number of ether oxygens (including phenoxy) is 2. The fourth-order valence-corrected chi connectivity index (χ4v) is 13.3. The van der Waals surface area contributed by atoms with Gasteiger partial charge < -0.3 is 69.3 Å². The molecule has 10 rings (SSSR count). The summed E-state index contributed by atoms with van der Waals surface area (Å²) in [5.74, 6) is -0.881. The topological polar surface area (TPSA) is 332 Å². The van der Waals surface area contributed by atoms with Crippen molar-refractivity contribution in [3.05, 3.63) is 108 Å². The van der Waals surface area contributed by atoms with E-state index in [0.717, 1.165) is 49.9 Å². The molecule has 4 unspecified atom stereocenters. The summed E-state index contributed by atoms with van der Waals surface area (Å²) in [5, 5.41) is 6.61. The van der Waals surface area contributed by atoms with Gasteiger partial charge >= 0.3 is 15.2 Å².